The summed E-state index contributed by atoms with van der Waals surface area (Å²) >= 11 is 0. The van der Waals surface area contributed by atoms with Crippen molar-refractivity contribution in [2.45, 2.75) is 25.2 Å². The van der Waals surface area contributed by atoms with Crippen LogP contribution >= 0.6 is 0 Å². The van der Waals surface area contributed by atoms with Crippen molar-refractivity contribution in [2.24, 2.45) is 0 Å². The minimum Gasteiger partial charge on any atom is -0.370 e. The first-order valence-corrected chi connectivity index (χ1v) is 6.80. The summed E-state index contributed by atoms with van der Waals surface area (Å²) in [6.45, 7) is 0.659. The van der Waals surface area contributed by atoms with E-state index in [9.17, 15) is 9.18 Å². The maximum Gasteiger partial charge on any atom is 0.252 e. The number of anilines is 1. The molecule has 0 spiro atoms. The first-order valence-electron chi connectivity index (χ1n) is 6.80. The molecule has 0 unspecified atom stereocenters. The van der Waals surface area contributed by atoms with Gasteiger partial charge in [-0.1, -0.05) is 12.1 Å². The fraction of sp³-hybridized carbons (Fsp3) is 0.333. The number of hydrogen-bond donors (Lipinski definition) is 2. The molecule has 0 amide bonds. The zero-order valence-electron chi connectivity index (χ0n) is 11.0. The van der Waals surface area contributed by atoms with Gasteiger partial charge in [-0.3, -0.25) is 4.79 Å². The molecule has 0 atom stereocenters. The van der Waals surface area contributed by atoms with Crippen molar-refractivity contribution in [3.8, 4) is 0 Å². The van der Waals surface area contributed by atoms with Gasteiger partial charge in [0.25, 0.3) is 5.56 Å². The Balaban J connectivity index is 1.60. The summed E-state index contributed by atoms with van der Waals surface area (Å²) in [5.41, 5.74) is 0.928. The Morgan fingerprint density at radius 2 is 2.05 bits per heavy atom. The van der Waals surface area contributed by atoms with Gasteiger partial charge in [0.15, 0.2) is 0 Å². The molecule has 1 fully saturated rings. The minimum atomic E-state index is -0.230. The summed E-state index contributed by atoms with van der Waals surface area (Å²) in [6, 6.07) is 7.89. The Hall–Kier alpha value is -2.17. The first kappa shape index (κ1) is 12.8. The zero-order valence-corrected chi connectivity index (χ0v) is 11.0. The highest BCUT2D eigenvalue weighted by atomic mass is 19.1. The van der Waals surface area contributed by atoms with Crippen molar-refractivity contribution in [1.82, 2.24) is 9.97 Å². The molecule has 0 radical (unpaired) electrons. The van der Waals surface area contributed by atoms with Gasteiger partial charge in [-0.25, -0.2) is 9.37 Å². The molecule has 1 aliphatic carbocycles. The van der Waals surface area contributed by atoms with Crippen LogP contribution in [0.15, 0.2) is 35.1 Å². The molecule has 1 aromatic carbocycles. The number of benzene rings is 1. The van der Waals surface area contributed by atoms with E-state index in [4.69, 9.17) is 0 Å². The molecular formula is C15H16FN3O. The lowest BCUT2D eigenvalue weighted by molar-refractivity contribution is 0.627. The largest absolute Gasteiger partial charge is 0.370 e. The SMILES string of the molecule is O=c1cc(NCCc2ccc(F)cc2)nc(C2CC2)[nH]1. The number of nitrogens with zero attached hydrogens (tertiary/aromatic N) is 1. The van der Waals surface area contributed by atoms with Crippen LogP contribution in [-0.4, -0.2) is 16.5 Å². The van der Waals surface area contributed by atoms with Crippen molar-refractivity contribution in [3.05, 3.63) is 57.9 Å². The second-order valence-corrected chi connectivity index (χ2v) is 5.09. The predicted octanol–water partition coefficient (Wildman–Crippen LogP) is 2.44. The van der Waals surface area contributed by atoms with Gasteiger partial charge >= 0.3 is 0 Å². The number of aromatic nitrogens is 2. The number of hydrogen-bond acceptors (Lipinski definition) is 3. The zero-order chi connectivity index (χ0) is 13.9. The Labute approximate surface area is 116 Å². The predicted molar refractivity (Wildman–Crippen MR) is 75.4 cm³/mol. The van der Waals surface area contributed by atoms with E-state index in [1.807, 2.05) is 0 Å². The summed E-state index contributed by atoms with van der Waals surface area (Å²) in [5.74, 6) is 1.58. The van der Waals surface area contributed by atoms with Crippen LogP contribution in [0.2, 0.25) is 0 Å². The second kappa shape index (κ2) is 5.45. The van der Waals surface area contributed by atoms with Crippen LogP contribution in [0.1, 0.15) is 30.1 Å². The third-order valence-corrected chi connectivity index (χ3v) is 3.36. The van der Waals surface area contributed by atoms with Crippen LogP contribution in [0.3, 0.4) is 0 Å². The Morgan fingerprint density at radius 3 is 2.75 bits per heavy atom. The van der Waals surface area contributed by atoms with Crippen molar-refractivity contribution < 1.29 is 4.39 Å². The molecule has 1 saturated carbocycles. The van der Waals surface area contributed by atoms with E-state index in [1.165, 1.54) is 18.2 Å². The number of aromatic amines is 1. The van der Waals surface area contributed by atoms with Crippen molar-refractivity contribution in [1.29, 1.82) is 0 Å². The van der Waals surface area contributed by atoms with Crippen LogP contribution in [0.25, 0.3) is 0 Å². The highest BCUT2D eigenvalue weighted by Gasteiger charge is 2.26. The molecule has 0 saturated heterocycles. The lowest BCUT2D eigenvalue weighted by atomic mass is 10.1. The summed E-state index contributed by atoms with van der Waals surface area (Å²) in [7, 11) is 0. The maximum absolute atomic E-state index is 12.8. The lowest BCUT2D eigenvalue weighted by Gasteiger charge is -2.07. The van der Waals surface area contributed by atoms with Gasteiger partial charge in [0.2, 0.25) is 0 Å². The average molecular weight is 273 g/mol. The Morgan fingerprint density at radius 1 is 1.30 bits per heavy atom. The highest BCUT2D eigenvalue weighted by molar-refractivity contribution is 5.34. The van der Waals surface area contributed by atoms with Gasteiger partial charge in [0, 0.05) is 18.5 Å². The molecule has 1 aromatic heterocycles. The van der Waals surface area contributed by atoms with Gasteiger partial charge in [-0.05, 0) is 37.0 Å². The summed E-state index contributed by atoms with van der Waals surface area (Å²) < 4.78 is 12.8. The van der Waals surface area contributed by atoms with Crippen molar-refractivity contribution >= 4 is 5.82 Å². The van der Waals surface area contributed by atoms with E-state index in [1.54, 1.807) is 12.1 Å². The molecular weight excluding hydrogens is 257 g/mol. The van der Waals surface area contributed by atoms with E-state index in [2.05, 4.69) is 15.3 Å². The Kier molecular flexibility index (Phi) is 3.50. The second-order valence-electron chi connectivity index (χ2n) is 5.09. The molecule has 5 heteroatoms. The summed E-state index contributed by atoms with van der Waals surface area (Å²) in [6.07, 6.45) is 2.96. The first-order chi connectivity index (χ1) is 9.70. The number of rotatable bonds is 5. The van der Waals surface area contributed by atoms with E-state index < -0.39 is 0 Å². The Bertz CT molecular complexity index is 647. The average Bonchev–Trinajstić information content (AvgIpc) is 3.25. The van der Waals surface area contributed by atoms with Gasteiger partial charge in [0.05, 0.1) is 0 Å². The van der Waals surface area contributed by atoms with Gasteiger partial charge in [-0.2, -0.15) is 0 Å². The van der Waals surface area contributed by atoms with Crippen LogP contribution < -0.4 is 10.9 Å². The summed E-state index contributed by atoms with van der Waals surface area (Å²) in [4.78, 5) is 18.7. The molecule has 0 bridgehead atoms. The quantitative estimate of drug-likeness (QED) is 0.879. The molecule has 1 aliphatic rings. The van der Waals surface area contributed by atoms with E-state index in [0.717, 1.165) is 30.7 Å². The number of H-pyrrole nitrogens is 1. The number of nitrogens with one attached hydrogen (secondary N) is 2. The fourth-order valence-corrected chi connectivity index (χ4v) is 2.10. The van der Waals surface area contributed by atoms with Gasteiger partial charge in [-0.15, -0.1) is 0 Å². The summed E-state index contributed by atoms with van der Waals surface area (Å²) in [5, 5.41) is 3.15. The standard InChI is InChI=1S/C15H16FN3O/c16-12-5-1-10(2-6-12)7-8-17-13-9-14(20)19-15(18-13)11-3-4-11/h1-2,5-6,9,11H,3-4,7-8H2,(H2,17,18,19,20). The van der Waals surface area contributed by atoms with Crippen molar-refractivity contribution in [2.75, 3.05) is 11.9 Å². The van der Waals surface area contributed by atoms with Gasteiger partial charge in [0.1, 0.15) is 17.5 Å². The molecule has 2 aromatic rings. The molecule has 1 heterocycles. The van der Waals surface area contributed by atoms with Crippen LogP contribution in [0.4, 0.5) is 10.2 Å². The van der Waals surface area contributed by atoms with Crippen LogP contribution in [-0.2, 0) is 6.42 Å². The molecule has 4 nitrogen and oxygen atoms in total. The molecule has 2 N–H and O–H groups in total. The maximum atomic E-state index is 12.8. The highest BCUT2D eigenvalue weighted by Crippen LogP contribution is 2.37. The number of halogens is 1. The molecule has 0 aliphatic heterocycles. The third-order valence-electron chi connectivity index (χ3n) is 3.36. The monoisotopic (exact) mass is 273 g/mol. The van der Waals surface area contributed by atoms with E-state index >= 15 is 0 Å². The van der Waals surface area contributed by atoms with Gasteiger partial charge < -0.3 is 10.3 Å². The lowest BCUT2D eigenvalue weighted by Crippen LogP contribution is -2.14. The van der Waals surface area contributed by atoms with Crippen LogP contribution in [0, 0.1) is 5.82 Å². The normalized spacial score (nSPS) is 14.2. The molecule has 3 rings (SSSR count). The van der Waals surface area contributed by atoms with E-state index in [0.29, 0.717) is 18.3 Å². The molecule has 104 valence electrons. The fourth-order valence-electron chi connectivity index (χ4n) is 2.10. The van der Waals surface area contributed by atoms with E-state index in [-0.39, 0.29) is 11.4 Å². The molecule has 20 heavy (non-hydrogen) atoms. The smallest absolute Gasteiger partial charge is 0.252 e. The third kappa shape index (κ3) is 3.23. The minimum absolute atomic E-state index is 0.119. The topological polar surface area (TPSA) is 57.8 Å². The van der Waals surface area contributed by atoms with Crippen LogP contribution in [0.5, 0.6) is 0 Å². The van der Waals surface area contributed by atoms with Crippen molar-refractivity contribution in [3.63, 3.8) is 0 Å².